The Morgan fingerprint density at radius 3 is 2.19 bits per heavy atom. The van der Waals surface area contributed by atoms with Crippen LogP contribution in [-0.2, 0) is 10.0 Å². The Balaban J connectivity index is 2.15. The summed E-state index contributed by atoms with van der Waals surface area (Å²) in [6, 6.07) is 13.6. The standard InChI is InChI=1S/C19H23BrN2O3S/c1-4-22(5-2)26(24,25)16-12-10-15(11-13-16)14(3)21-19(23)17-8-6-7-9-18(17)20/h6-14H,4-5H2,1-3H3,(H,21,23). The van der Waals surface area contributed by atoms with Gasteiger partial charge in [0.1, 0.15) is 0 Å². The molecule has 0 saturated carbocycles. The average Bonchev–Trinajstić information content (AvgIpc) is 2.62. The lowest BCUT2D eigenvalue weighted by atomic mass is 10.1. The largest absolute Gasteiger partial charge is 0.345 e. The zero-order chi connectivity index (χ0) is 19.3. The summed E-state index contributed by atoms with van der Waals surface area (Å²) in [6.45, 7) is 6.35. The number of carbonyl (C=O) groups excluding carboxylic acids is 1. The van der Waals surface area contributed by atoms with E-state index in [-0.39, 0.29) is 16.8 Å². The van der Waals surface area contributed by atoms with Crippen LogP contribution in [0.25, 0.3) is 0 Å². The van der Waals surface area contributed by atoms with E-state index in [1.807, 2.05) is 32.9 Å². The van der Waals surface area contributed by atoms with Crippen molar-refractivity contribution in [3.05, 3.63) is 64.1 Å². The molecule has 0 aliphatic heterocycles. The zero-order valence-electron chi connectivity index (χ0n) is 15.1. The highest BCUT2D eigenvalue weighted by Gasteiger charge is 2.22. The van der Waals surface area contributed by atoms with Gasteiger partial charge < -0.3 is 5.32 Å². The van der Waals surface area contributed by atoms with Crippen LogP contribution in [0.1, 0.15) is 42.7 Å². The van der Waals surface area contributed by atoms with Crippen molar-refractivity contribution in [1.29, 1.82) is 0 Å². The van der Waals surface area contributed by atoms with Crippen molar-refractivity contribution in [3.63, 3.8) is 0 Å². The number of hydrogen-bond donors (Lipinski definition) is 1. The lowest BCUT2D eigenvalue weighted by Crippen LogP contribution is -2.30. The molecule has 0 aliphatic rings. The molecule has 140 valence electrons. The minimum Gasteiger partial charge on any atom is -0.345 e. The molecule has 1 amide bonds. The van der Waals surface area contributed by atoms with Crippen LogP contribution >= 0.6 is 15.9 Å². The van der Waals surface area contributed by atoms with Crippen LogP contribution in [0.4, 0.5) is 0 Å². The van der Waals surface area contributed by atoms with E-state index < -0.39 is 10.0 Å². The van der Waals surface area contributed by atoms with Crippen LogP contribution in [0.2, 0.25) is 0 Å². The van der Waals surface area contributed by atoms with Gasteiger partial charge >= 0.3 is 0 Å². The van der Waals surface area contributed by atoms with E-state index in [0.717, 1.165) is 10.0 Å². The first kappa shape index (κ1) is 20.6. The number of sulfonamides is 1. The third kappa shape index (κ3) is 4.52. The van der Waals surface area contributed by atoms with Gasteiger partial charge in [-0.05, 0) is 52.7 Å². The summed E-state index contributed by atoms with van der Waals surface area (Å²) in [4.78, 5) is 12.7. The lowest BCUT2D eigenvalue weighted by molar-refractivity contribution is 0.0939. The van der Waals surface area contributed by atoms with Gasteiger partial charge in [-0.15, -0.1) is 0 Å². The highest BCUT2D eigenvalue weighted by Crippen LogP contribution is 2.21. The highest BCUT2D eigenvalue weighted by molar-refractivity contribution is 9.10. The fraction of sp³-hybridized carbons (Fsp3) is 0.316. The third-order valence-electron chi connectivity index (χ3n) is 4.19. The van der Waals surface area contributed by atoms with Crippen molar-refractivity contribution in [2.24, 2.45) is 0 Å². The Bertz CT molecular complexity index is 863. The molecular formula is C19H23BrN2O3S. The van der Waals surface area contributed by atoms with Crippen LogP contribution < -0.4 is 5.32 Å². The van der Waals surface area contributed by atoms with Gasteiger partial charge in [-0.1, -0.05) is 38.1 Å². The maximum atomic E-state index is 12.5. The maximum absolute atomic E-state index is 12.5. The topological polar surface area (TPSA) is 66.5 Å². The van der Waals surface area contributed by atoms with Crippen LogP contribution in [0.3, 0.4) is 0 Å². The Hall–Kier alpha value is -1.70. The van der Waals surface area contributed by atoms with Crippen LogP contribution in [0.15, 0.2) is 57.9 Å². The first-order chi connectivity index (χ1) is 12.3. The first-order valence-corrected chi connectivity index (χ1v) is 10.7. The first-order valence-electron chi connectivity index (χ1n) is 8.46. The summed E-state index contributed by atoms with van der Waals surface area (Å²) in [5, 5.41) is 2.93. The molecule has 2 aromatic rings. The molecule has 0 fully saturated rings. The monoisotopic (exact) mass is 438 g/mol. The molecule has 0 aliphatic carbocycles. The van der Waals surface area contributed by atoms with Crippen molar-refractivity contribution in [2.45, 2.75) is 31.7 Å². The number of hydrogen-bond acceptors (Lipinski definition) is 3. The van der Waals surface area contributed by atoms with Crippen LogP contribution in [0, 0.1) is 0 Å². The molecular weight excluding hydrogens is 416 g/mol. The second kappa shape index (κ2) is 8.79. The number of benzene rings is 2. The molecule has 0 heterocycles. The molecule has 2 aromatic carbocycles. The Labute approximate surface area is 163 Å². The molecule has 26 heavy (non-hydrogen) atoms. The van der Waals surface area contributed by atoms with Crippen molar-refractivity contribution in [2.75, 3.05) is 13.1 Å². The predicted octanol–water partition coefficient (Wildman–Crippen LogP) is 3.97. The summed E-state index contributed by atoms with van der Waals surface area (Å²) in [5.41, 5.74) is 1.39. The second-order valence-corrected chi connectivity index (χ2v) is 8.63. The Morgan fingerprint density at radius 1 is 1.08 bits per heavy atom. The van der Waals surface area contributed by atoms with Gasteiger partial charge in [-0.25, -0.2) is 8.42 Å². The molecule has 0 radical (unpaired) electrons. The summed E-state index contributed by atoms with van der Waals surface area (Å²) in [7, 11) is -3.48. The summed E-state index contributed by atoms with van der Waals surface area (Å²) < 4.78 is 27.2. The van der Waals surface area contributed by atoms with Gasteiger partial charge in [0.15, 0.2) is 0 Å². The Kier molecular flexibility index (Phi) is 6.97. The van der Waals surface area contributed by atoms with E-state index in [0.29, 0.717) is 18.7 Å². The van der Waals surface area contributed by atoms with E-state index in [1.165, 1.54) is 4.31 Å². The number of nitrogens with one attached hydrogen (secondary N) is 1. The van der Waals surface area contributed by atoms with Gasteiger partial charge in [0.25, 0.3) is 5.91 Å². The SMILES string of the molecule is CCN(CC)S(=O)(=O)c1ccc(C(C)NC(=O)c2ccccc2Br)cc1. The summed E-state index contributed by atoms with van der Waals surface area (Å²) >= 11 is 3.37. The molecule has 0 bridgehead atoms. The fourth-order valence-corrected chi connectivity index (χ4v) is 4.57. The molecule has 5 nitrogen and oxygen atoms in total. The molecule has 0 saturated heterocycles. The molecule has 1 unspecified atom stereocenters. The fourth-order valence-electron chi connectivity index (χ4n) is 2.64. The number of nitrogens with zero attached hydrogens (tertiary/aromatic N) is 1. The molecule has 0 aromatic heterocycles. The van der Waals surface area contributed by atoms with Gasteiger partial charge in [0.05, 0.1) is 16.5 Å². The molecule has 2 rings (SSSR count). The summed E-state index contributed by atoms with van der Waals surface area (Å²) in [5.74, 6) is -0.190. The number of carbonyl (C=O) groups is 1. The van der Waals surface area contributed by atoms with Crippen LogP contribution in [0.5, 0.6) is 0 Å². The van der Waals surface area contributed by atoms with Crippen LogP contribution in [-0.4, -0.2) is 31.7 Å². The van der Waals surface area contributed by atoms with E-state index in [1.54, 1.807) is 36.4 Å². The van der Waals surface area contributed by atoms with Gasteiger partial charge in [-0.3, -0.25) is 4.79 Å². The zero-order valence-corrected chi connectivity index (χ0v) is 17.5. The number of rotatable bonds is 7. The quantitative estimate of drug-likeness (QED) is 0.710. The number of amides is 1. The molecule has 7 heteroatoms. The molecule has 1 atom stereocenters. The third-order valence-corrected chi connectivity index (χ3v) is 6.94. The average molecular weight is 439 g/mol. The maximum Gasteiger partial charge on any atom is 0.252 e. The minimum absolute atomic E-state index is 0.190. The van der Waals surface area contributed by atoms with E-state index in [2.05, 4.69) is 21.2 Å². The normalized spacial score (nSPS) is 12.8. The smallest absolute Gasteiger partial charge is 0.252 e. The predicted molar refractivity (Wildman–Crippen MR) is 107 cm³/mol. The molecule has 0 spiro atoms. The second-order valence-electron chi connectivity index (χ2n) is 5.83. The van der Waals surface area contributed by atoms with Crippen molar-refractivity contribution < 1.29 is 13.2 Å². The minimum atomic E-state index is -3.48. The van der Waals surface area contributed by atoms with E-state index in [9.17, 15) is 13.2 Å². The van der Waals surface area contributed by atoms with E-state index >= 15 is 0 Å². The highest BCUT2D eigenvalue weighted by atomic mass is 79.9. The van der Waals surface area contributed by atoms with Gasteiger partial charge in [0.2, 0.25) is 10.0 Å². The van der Waals surface area contributed by atoms with E-state index in [4.69, 9.17) is 0 Å². The van der Waals surface area contributed by atoms with Crippen molar-refractivity contribution in [1.82, 2.24) is 9.62 Å². The van der Waals surface area contributed by atoms with Gasteiger partial charge in [0, 0.05) is 17.6 Å². The van der Waals surface area contributed by atoms with Gasteiger partial charge in [-0.2, -0.15) is 4.31 Å². The van der Waals surface area contributed by atoms with Crippen molar-refractivity contribution >= 4 is 31.9 Å². The molecule has 1 N–H and O–H groups in total. The lowest BCUT2D eigenvalue weighted by Gasteiger charge is -2.19. The number of halogens is 1. The van der Waals surface area contributed by atoms with Crippen molar-refractivity contribution in [3.8, 4) is 0 Å². The summed E-state index contributed by atoms with van der Waals surface area (Å²) in [6.07, 6.45) is 0. The Morgan fingerprint density at radius 2 is 1.65 bits per heavy atom.